The Bertz CT molecular complexity index is 1010. The molecule has 1 fully saturated rings. The van der Waals surface area contributed by atoms with E-state index >= 15 is 0 Å². The number of nitrogens with one attached hydrogen (secondary N) is 3. The molecule has 160 valence electrons. The molecule has 2 amide bonds. The predicted molar refractivity (Wildman–Crippen MR) is 115 cm³/mol. The third-order valence-corrected chi connectivity index (χ3v) is 4.70. The fourth-order valence-corrected chi connectivity index (χ4v) is 3.02. The lowest BCUT2D eigenvalue weighted by Crippen LogP contribution is -2.29. The summed E-state index contributed by atoms with van der Waals surface area (Å²) in [5, 5.41) is 17.6. The molecular weight excluding hydrogens is 398 g/mol. The van der Waals surface area contributed by atoms with E-state index in [2.05, 4.69) is 15.7 Å². The molecule has 0 aliphatic heterocycles. The lowest BCUT2D eigenvalue weighted by Gasteiger charge is -2.25. The van der Waals surface area contributed by atoms with Gasteiger partial charge in [-0.2, -0.15) is 5.11 Å². The zero-order valence-electron chi connectivity index (χ0n) is 17.0. The van der Waals surface area contributed by atoms with Crippen molar-refractivity contribution in [3.63, 3.8) is 0 Å². The Morgan fingerprint density at radius 2 is 1.74 bits per heavy atom. The van der Waals surface area contributed by atoms with Crippen LogP contribution in [-0.4, -0.2) is 36.0 Å². The number of nitrogens with zero attached hydrogens (tertiary/aromatic N) is 2. The molecule has 1 aliphatic rings. The summed E-state index contributed by atoms with van der Waals surface area (Å²) in [5.41, 5.74) is 9.97. The van der Waals surface area contributed by atoms with E-state index in [-0.39, 0.29) is 11.7 Å². The van der Waals surface area contributed by atoms with E-state index in [9.17, 15) is 14.4 Å². The second-order valence-electron chi connectivity index (χ2n) is 7.15. The molecule has 3 rings (SSSR count). The summed E-state index contributed by atoms with van der Waals surface area (Å²) in [6, 6.07) is 16.0. The number of rotatable bonds is 9. The maximum absolute atomic E-state index is 12.7. The standard InChI is InChI=1S/C22H23N5O4/c1-27(17-11-9-15(10-12-17)24-18(28)13-19(29)30)21(14-5-3-2-4-6-14)20(26-23)22(31)25-16-7-8-16/h2-6,9-12,16,23H,7-8,13H2,1H3,(H,24,28)(H,25,31)(H,29,30)/b21-20-,26-23?. The molecule has 0 heterocycles. The van der Waals surface area contributed by atoms with Crippen molar-refractivity contribution in [2.45, 2.75) is 25.3 Å². The fourth-order valence-electron chi connectivity index (χ4n) is 3.02. The molecule has 9 nitrogen and oxygen atoms in total. The van der Waals surface area contributed by atoms with Gasteiger partial charge in [-0.05, 0) is 37.1 Å². The average molecular weight is 421 g/mol. The summed E-state index contributed by atoms with van der Waals surface area (Å²) in [7, 11) is 1.76. The molecule has 2 aromatic rings. The molecule has 0 radical (unpaired) electrons. The first-order valence-corrected chi connectivity index (χ1v) is 9.72. The Balaban J connectivity index is 1.91. The largest absolute Gasteiger partial charge is 0.481 e. The van der Waals surface area contributed by atoms with Gasteiger partial charge in [0.15, 0.2) is 5.70 Å². The third-order valence-electron chi connectivity index (χ3n) is 4.70. The van der Waals surface area contributed by atoms with Crippen LogP contribution in [0.25, 0.3) is 5.70 Å². The highest BCUT2D eigenvalue weighted by Gasteiger charge is 2.28. The van der Waals surface area contributed by atoms with Crippen molar-refractivity contribution in [2.24, 2.45) is 5.11 Å². The van der Waals surface area contributed by atoms with Crippen molar-refractivity contribution in [3.05, 3.63) is 65.9 Å². The molecule has 9 heteroatoms. The molecule has 0 saturated heterocycles. The number of anilines is 2. The van der Waals surface area contributed by atoms with Gasteiger partial charge in [0.2, 0.25) is 5.91 Å². The van der Waals surface area contributed by atoms with Gasteiger partial charge < -0.3 is 20.6 Å². The van der Waals surface area contributed by atoms with Crippen LogP contribution >= 0.6 is 0 Å². The maximum atomic E-state index is 12.7. The molecule has 4 N–H and O–H groups in total. The molecular formula is C22H23N5O4. The van der Waals surface area contributed by atoms with Gasteiger partial charge in [0.05, 0.1) is 5.70 Å². The predicted octanol–water partition coefficient (Wildman–Crippen LogP) is 3.21. The molecule has 0 atom stereocenters. The zero-order valence-corrected chi connectivity index (χ0v) is 17.0. The summed E-state index contributed by atoms with van der Waals surface area (Å²) in [6.07, 6.45) is 1.22. The Labute approximate surface area is 179 Å². The number of carbonyl (C=O) groups is 3. The van der Waals surface area contributed by atoms with Crippen LogP contribution < -0.4 is 15.5 Å². The normalized spacial score (nSPS) is 13.6. The number of carbonyl (C=O) groups excluding carboxylic acids is 2. The summed E-state index contributed by atoms with van der Waals surface area (Å²) in [6.45, 7) is 0. The first-order valence-electron chi connectivity index (χ1n) is 9.72. The molecule has 0 aromatic heterocycles. The van der Waals surface area contributed by atoms with Crippen molar-refractivity contribution < 1.29 is 19.5 Å². The number of hydrogen-bond acceptors (Lipinski definition) is 6. The first-order chi connectivity index (χ1) is 14.9. The number of carboxylic acid groups (broad SMARTS) is 1. The van der Waals surface area contributed by atoms with Gasteiger partial charge in [-0.15, -0.1) is 0 Å². The summed E-state index contributed by atoms with van der Waals surface area (Å²) in [5.74, 6) is -2.23. The Morgan fingerprint density at radius 3 is 2.29 bits per heavy atom. The molecule has 2 aromatic carbocycles. The van der Waals surface area contributed by atoms with Crippen LogP contribution in [0.3, 0.4) is 0 Å². The number of aliphatic carboxylic acids is 1. The van der Waals surface area contributed by atoms with Crippen LogP contribution in [0, 0.1) is 5.53 Å². The van der Waals surface area contributed by atoms with Crippen molar-refractivity contribution in [1.29, 1.82) is 5.53 Å². The van der Waals surface area contributed by atoms with Crippen LogP contribution in [0.4, 0.5) is 11.4 Å². The van der Waals surface area contributed by atoms with Crippen molar-refractivity contribution in [3.8, 4) is 0 Å². The van der Waals surface area contributed by atoms with E-state index in [4.69, 9.17) is 10.6 Å². The Kier molecular flexibility index (Phi) is 6.76. The number of amides is 2. The lowest BCUT2D eigenvalue weighted by molar-refractivity contribution is -0.139. The van der Waals surface area contributed by atoms with Gasteiger partial charge in [0.1, 0.15) is 6.42 Å². The van der Waals surface area contributed by atoms with E-state index in [0.717, 1.165) is 18.4 Å². The molecule has 0 spiro atoms. The first kappa shape index (κ1) is 21.7. The van der Waals surface area contributed by atoms with Crippen LogP contribution in [0.5, 0.6) is 0 Å². The smallest absolute Gasteiger partial charge is 0.312 e. The van der Waals surface area contributed by atoms with Crippen molar-refractivity contribution in [2.75, 3.05) is 17.3 Å². The second kappa shape index (κ2) is 9.66. The van der Waals surface area contributed by atoms with Gasteiger partial charge >= 0.3 is 5.97 Å². The maximum Gasteiger partial charge on any atom is 0.312 e. The summed E-state index contributed by atoms with van der Waals surface area (Å²) in [4.78, 5) is 36.8. The van der Waals surface area contributed by atoms with E-state index in [1.54, 1.807) is 36.2 Å². The number of carboxylic acids is 1. The van der Waals surface area contributed by atoms with Gasteiger partial charge in [-0.3, -0.25) is 14.4 Å². The van der Waals surface area contributed by atoms with E-state index in [0.29, 0.717) is 17.1 Å². The quantitative estimate of drug-likeness (QED) is 0.280. The molecule has 1 saturated carbocycles. The number of benzene rings is 2. The van der Waals surface area contributed by atoms with Crippen LogP contribution in [-0.2, 0) is 14.4 Å². The van der Waals surface area contributed by atoms with Gasteiger partial charge in [0.25, 0.3) is 5.91 Å². The van der Waals surface area contributed by atoms with Gasteiger partial charge in [-0.25, -0.2) is 5.53 Å². The van der Waals surface area contributed by atoms with E-state index in [1.807, 2.05) is 30.3 Å². The summed E-state index contributed by atoms with van der Waals surface area (Å²) < 4.78 is 0. The highest BCUT2D eigenvalue weighted by Crippen LogP contribution is 2.30. The number of hydrogen-bond donors (Lipinski definition) is 4. The minimum Gasteiger partial charge on any atom is -0.481 e. The monoisotopic (exact) mass is 421 g/mol. The Hall–Kier alpha value is -4.01. The molecule has 31 heavy (non-hydrogen) atoms. The summed E-state index contributed by atoms with van der Waals surface area (Å²) >= 11 is 0. The van der Waals surface area contributed by atoms with E-state index in [1.165, 1.54) is 0 Å². The highest BCUT2D eigenvalue weighted by atomic mass is 16.4. The van der Waals surface area contributed by atoms with Crippen LogP contribution in [0.15, 0.2) is 65.4 Å². The topological polar surface area (TPSA) is 135 Å². The third kappa shape index (κ3) is 5.75. The molecule has 0 unspecified atom stereocenters. The minimum atomic E-state index is -1.21. The van der Waals surface area contributed by atoms with Gasteiger partial charge in [-0.1, -0.05) is 30.3 Å². The SMILES string of the molecule is CN(/C(=C(\N=N)C(=O)NC1CC1)c1ccccc1)c1ccc(NC(=O)CC(=O)O)cc1. The molecule has 0 bridgehead atoms. The van der Waals surface area contributed by atoms with Crippen molar-refractivity contribution >= 4 is 34.9 Å². The van der Waals surface area contributed by atoms with Crippen LogP contribution in [0.1, 0.15) is 24.8 Å². The molecule has 1 aliphatic carbocycles. The lowest BCUT2D eigenvalue weighted by atomic mass is 10.1. The minimum absolute atomic E-state index is 0.000521. The van der Waals surface area contributed by atoms with Crippen molar-refractivity contribution in [1.82, 2.24) is 5.32 Å². The second-order valence-corrected chi connectivity index (χ2v) is 7.15. The Morgan fingerprint density at radius 1 is 1.10 bits per heavy atom. The van der Waals surface area contributed by atoms with Crippen LogP contribution in [0.2, 0.25) is 0 Å². The van der Waals surface area contributed by atoms with E-state index < -0.39 is 24.2 Å². The zero-order chi connectivity index (χ0) is 22.4. The fraction of sp³-hybridized carbons (Fsp3) is 0.227. The average Bonchev–Trinajstić information content (AvgIpc) is 3.56. The highest BCUT2D eigenvalue weighted by molar-refractivity contribution is 6.04. The van der Waals surface area contributed by atoms with Gasteiger partial charge in [0, 0.05) is 30.0 Å².